The summed E-state index contributed by atoms with van der Waals surface area (Å²) in [5.74, 6) is 1.45. The molecule has 2 nitrogen and oxygen atoms in total. The van der Waals surface area contributed by atoms with E-state index in [1.165, 1.54) is 0 Å². The van der Waals surface area contributed by atoms with Crippen LogP contribution in [0.3, 0.4) is 0 Å². The molecule has 1 aromatic carbocycles. The molecule has 1 aromatic heterocycles. The first-order valence-corrected chi connectivity index (χ1v) is 4.85. The largest absolute Gasteiger partial charge is 0.493 e. The van der Waals surface area contributed by atoms with Gasteiger partial charge in [0.15, 0.2) is 0 Å². The van der Waals surface area contributed by atoms with Gasteiger partial charge in [-0.3, -0.25) is 0 Å². The van der Waals surface area contributed by atoms with E-state index in [0.717, 1.165) is 23.1 Å². The maximum Gasteiger partial charge on any atom is 0.130 e. The van der Waals surface area contributed by atoms with Crippen molar-refractivity contribution in [2.45, 2.75) is 13.8 Å². The topological polar surface area (TPSA) is 22.4 Å². The number of hydrogen-bond acceptors (Lipinski definition) is 2. The smallest absolute Gasteiger partial charge is 0.130 e. The average Bonchev–Trinajstić information content (AvgIpc) is 2.62. The molecular formula is C12H14O2. The van der Waals surface area contributed by atoms with E-state index < -0.39 is 0 Å². The minimum absolute atomic E-state index is 0.539. The number of fused-ring (bicyclic) bond motifs is 1. The molecule has 74 valence electrons. The molecule has 0 aliphatic rings. The molecule has 0 spiro atoms. The lowest BCUT2D eigenvalue weighted by Crippen LogP contribution is -2.04. The van der Waals surface area contributed by atoms with Crippen LogP contribution in [0.1, 0.15) is 13.8 Å². The van der Waals surface area contributed by atoms with Crippen molar-refractivity contribution in [1.29, 1.82) is 0 Å². The monoisotopic (exact) mass is 190 g/mol. The fraction of sp³-hybridized carbons (Fsp3) is 0.333. The third-order valence-electron chi connectivity index (χ3n) is 2.05. The molecule has 0 aliphatic carbocycles. The lowest BCUT2D eigenvalue weighted by Gasteiger charge is -2.08. The van der Waals surface area contributed by atoms with Crippen LogP contribution in [0.2, 0.25) is 0 Å². The Labute approximate surface area is 83.5 Å². The van der Waals surface area contributed by atoms with Crippen molar-refractivity contribution in [2.75, 3.05) is 6.61 Å². The molecule has 2 rings (SSSR count). The third-order valence-corrected chi connectivity index (χ3v) is 2.05. The van der Waals surface area contributed by atoms with Gasteiger partial charge in [0.1, 0.15) is 12.0 Å². The molecule has 0 saturated heterocycles. The second-order valence-corrected chi connectivity index (χ2v) is 3.84. The van der Waals surface area contributed by atoms with Gasteiger partial charge in [-0.1, -0.05) is 26.0 Å². The highest BCUT2D eigenvalue weighted by Gasteiger charge is 2.04. The van der Waals surface area contributed by atoms with Gasteiger partial charge in [0.25, 0.3) is 0 Å². The predicted octanol–water partition coefficient (Wildman–Crippen LogP) is 3.47. The Morgan fingerprint density at radius 1 is 1.29 bits per heavy atom. The summed E-state index contributed by atoms with van der Waals surface area (Å²) in [6, 6.07) is 5.97. The Morgan fingerprint density at radius 3 is 2.93 bits per heavy atom. The maximum absolute atomic E-state index is 5.68. The number of rotatable bonds is 3. The second-order valence-electron chi connectivity index (χ2n) is 3.84. The van der Waals surface area contributed by atoms with Crippen molar-refractivity contribution in [3.05, 3.63) is 30.7 Å². The van der Waals surface area contributed by atoms with Crippen molar-refractivity contribution in [2.24, 2.45) is 5.92 Å². The lowest BCUT2D eigenvalue weighted by atomic mass is 10.2. The molecule has 0 aliphatic heterocycles. The highest BCUT2D eigenvalue weighted by molar-refractivity contribution is 5.86. The van der Waals surface area contributed by atoms with Crippen LogP contribution < -0.4 is 4.74 Å². The summed E-state index contributed by atoms with van der Waals surface area (Å²) in [5.41, 5.74) is 0. The molecule has 2 heteroatoms. The standard InChI is InChI=1S/C12H14O2/c1-9(2)6-14-12-5-3-4-10-7-13-8-11(10)12/h3-5,7-9H,6H2,1-2H3. The molecule has 0 atom stereocenters. The van der Waals surface area contributed by atoms with Gasteiger partial charge in [0.05, 0.1) is 18.3 Å². The Kier molecular flexibility index (Phi) is 2.44. The van der Waals surface area contributed by atoms with Crippen molar-refractivity contribution < 1.29 is 9.15 Å². The molecule has 0 fully saturated rings. The Hall–Kier alpha value is -1.44. The summed E-state index contributed by atoms with van der Waals surface area (Å²) in [6.45, 7) is 5.01. The summed E-state index contributed by atoms with van der Waals surface area (Å²) >= 11 is 0. The summed E-state index contributed by atoms with van der Waals surface area (Å²) in [7, 11) is 0. The van der Waals surface area contributed by atoms with Gasteiger partial charge in [0, 0.05) is 5.39 Å². The summed E-state index contributed by atoms with van der Waals surface area (Å²) in [4.78, 5) is 0. The van der Waals surface area contributed by atoms with Gasteiger partial charge < -0.3 is 9.15 Å². The molecule has 0 N–H and O–H groups in total. The van der Waals surface area contributed by atoms with Crippen LogP contribution in [0.5, 0.6) is 5.75 Å². The van der Waals surface area contributed by atoms with Crippen molar-refractivity contribution in [3.63, 3.8) is 0 Å². The minimum Gasteiger partial charge on any atom is -0.493 e. The molecule has 14 heavy (non-hydrogen) atoms. The fourth-order valence-corrected chi connectivity index (χ4v) is 1.35. The lowest BCUT2D eigenvalue weighted by molar-refractivity contribution is 0.274. The normalized spacial score (nSPS) is 11.1. The van der Waals surface area contributed by atoms with Gasteiger partial charge in [-0.25, -0.2) is 0 Å². The van der Waals surface area contributed by atoms with Crippen molar-refractivity contribution in [3.8, 4) is 5.75 Å². The highest BCUT2D eigenvalue weighted by Crippen LogP contribution is 2.26. The van der Waals surface area contributed by atoms with E-state index in [4.69, 9.17) is 9.15 Å². The number of benzene rings is 1. The molecule has 0 unspecified atom stereocenters. The van der Waals surface area contributed by atoms with Crippen LogP contribution in [-0.2, 0) is 0 Å². The predicted molar refractivity (Wildman–Crippen MR) is 56.5 cm³/mol. The van der Waals surface area contributed by atoms with E-state index in [1.54, 1.807) is 12.5 Å². The Morgan fingerprint density at radius 2 is 2.14 bits per heavy atom. The first-order chi connectivity index (χ1) is 6.77. The maximum atomic E-state index is 5.68. The SMILES string of the molecule is CC(C)COc1cccc2cocc12. The molecule has 0 saturated carbocycles. The van der Waals surface area contributed by atoms with Crippen LogP contribution in [0.25, 0.3) is 10.8 Å². The first kappa shape index (κ1) is 9.13. The summed E-state index contributed by atoms with van der Waals surface area (Å²) in [5, 5.41) is 2.14. The van der Waals surface area contributed by atoms with Crippen LogP contribution in [0.15, 0.2) is 35.1 Å². The fourth-order valence-electron chi connectivity index (χ4n) is 1.35. The van der Waals surface area contributed by atoms with Crippen LogP contribution >= 0.6 is 0 Å². The summed E-state index contributed by atoms with van der Waals surface area (Å²) < 4.78 is 10.8. The van der Waals surface area contributed by atoms with Crippen LogP contribution in [0.4, 0.5) is 0 Å². The van der Waals surface area contributed by atoms with E-state index in [9.17, 15) is 0 Å². The van der Waals surface area contributed by atoms with Crippen LogP contribution in [0, 0.1) is 5.92 Å². The third kappa shape index (κ3) is 1.74. The van der Waals surface area contributed by atoms with E-state index >= 15 is 0 Å². The number of hydrogen-bond donors (Lipinski definition) is 0. The van der Waals surface area contributed by atoms with Crippen molar-refractivity contribution in [1.82, 2.24) is 0 Å². The van der Waals surface area contributed by atoms with E-state index in [1.807, 2.05) is 18.2 Å². The summed E-state index contributed by atoms with van der Waals surface area (Å²) in [6.07, 6.45) is 3.46. The van der Waals surface area contributed by atoms with Gasteiger partial charge in [-0.05, 0) is 12.0 Å². The van der Waals surface area contributed by atoms with Crippen LogP contribution in [-0.4, -0.2) is 6.61 Å². The van der Waals surface area contributed by atoms with Gasteiger partial charge >= 0.3 is 0 Å². The second kappa shape index (κ2) is 3.74. The zero-order valence-corrected chi connectivity index (χ0v) is 8.49. The molecule has 0 radical (unpaired) electrons. The van der Waals surface area contributed by atoms with Gasteiger partial charge in [0.2, 0.25) is 0 Å². The Balaban J connectivity index is 2.27. The van der Waals surface area contributed by atoms with Crippen molar-refractivity contribution >= 4 is 10.8 Å². The zero-order chi connectivity index (χ0) is 9.97. The van der Waals surface area contributed by atoms with Gasteiger partial charge in [-0.15, -0.1) is 0 Å². The zero-order valence-electron chi connectivity index (χ0n) is 8.49. The first-order valence-electron chi connectivity index (χ1n) is 4.85. The molecule has 2 aromatic rings. The van der Waals surface area contributed by atoms with Gasteiger partial charge in [-0.2, -0.15) is 0 Å². The number of ether oxygens (including phenoxy) is 1. The van der Waals surface area contributed by atoms with E-state index in [-0.39, 0.29) is 0 Å². The molecular weight excluding hydrogens is 176 g/mol. The van der Waals surface area contributed by atoms with E-state index in [0.29, 0.717) is 5.92 Å². The molecule has 1 heterocycles. The minimum atomic E-state index is 0.539. The molecule has 0 bridgehead atoms. The average molecular weight is 190 g/mol. The molecule has 0 amide bonds. The van der Waals surface area contributed by atoms with E-state index in [2.05, 4.69) is 13.8 Å². The Bertz CT molecular complexity index is 415. The highest BCUT2D eigenvalue weighted by atomic mass is 16.5. The quantitative estimate of drug-likeness (QED) is 0.739. The number of furan rings is 1.